The van der Waals surface area contributed by atoms with Crippen LogP contribution in [0.4, 0.5) is 0 Å². The fourth-order valence-corrected chi connectivity index (χ4v) is 3.59. The van der Waals surface area contributed by atoms with E-state index in [0.29, 0.717) is 0 Å². The van der Waals surface area contributed by atoms with E-state index in [-0.39, 0.29) is 0 Å². The van der Waals surface area contributed by atoms with Crippen molar-refractivity contribution < 1.29 is 0 Å². The highest BCUT2D eigenvalue weighted by Gasteiger charge is 2.33. The second-order valence-corrected chi connectivity index (χ2v) is 6.58. The molecule has 4 unspecified atom stereocenters. The summed E-state index contributed by atoms with van der Waals surface area (Å²) < 4.78 is 0. The van der Waals surface area contributed by atoms with E-state index in [4.69, 9.17) is 0 Å². The maximum Gasteiger partial charge on any atom is 0.00683 e. The van der Waals surface area contributed by atoms with Crippen molar-refractivity contribution in [3.63, 3.8) is 0 Å². The van der Waals surface area contributed by atoms with Crippen molar-refractivity contribution in [2.45, 2.75) is 71.8 Å². The molecule has 2 fully saturated rings. The molecular formula is C16H31N. The summed E-state index contributed by atoms with van der Waals surface area (Å²) >= 11 is 0. The molecule has 0 aromatic rings. The van der Waals surface area contributed by atoms with Gasteiger partial charge in [-0.05, 0) is 55.9 Å². The molecule has 2 saturated carbocycles. The van der Waals surface area contributed by atoms with Crippen molar-refractivity contribution in [2.75, 3.05) is 6.54 Å². The standard InChI is InChI=1S/C16H31N/c1-4-12(3)16-10-13(5-2)6-7-14(16)11-17-15-8-9-15/h12-17H,4-11H2,1-3H3. The van der Waals surface area contributed by atoms with Gasteiger partial charge in [-0.1, -0.05) is 40.0 Å². The molecule has 2 aliphatic rings. The Morgan fingerprint density at radius 2 is 1.88 bits per heavy atom. The molecule has 17 heavy (non-hydrogen) atoms. The highest BCUT2D eigenvalue weighted by Crippen LogP contribution is 2.40. The number of rotatable bonds is 6. The smallest absolute Gasteiger partial charge is 0.00683 e. The first-order chi connectivity index (χ1) is 8.24. The lowest BCUT2D eigenvalue weighted by Gasteiger charge is -2.39. The summed E-state index contributed by atoms with van der Waals surface area (Å²) in [6.45, 7) is 8.52. The van der Waals surface area contributed by atoms with Crippen molar-refractivity contribution in [1.82, 2.24) is 5.32 Å². The zero-order valence-electron chi connectivity index (χ0n) is 12.0. The van der Waals surface area contributed by atoms with Crippen LogP contribution in [-0.4, -0.2) is 12.6 Å². The van der Waals surface area contributed by atoms with E-state index in [1.807, 2.05) is 0 Å². The fourth-order valence-electron chi connectivity index (χ4n) is 3.59. The normalized spacial score (nSPS) is 35.8. The van der Waals surface area contributed by atoms with Crippen LogP contribution in [0.2, 0.25) is 0 Å². The van der Waals surface area contributed by atoms with Gasteiger partial charge in [-0.15, -0.1) is 0 Å². The predicted molar refractivity (Wildman–Crippen MR) is 75.1 cm³/mol. The van der Waals surface area contributed by atoms with Crippen molar-refractivity contribution in [3.05, 3.63) is 0 Å². The third kappa shape index (κ3) is 3.71. The van der Waals surface area contributed by atoms with Gasteiger partial charge in [0.1, 0.15) is 0 Å². The lowest BCUT2D eigenvalue weighted by Crippen LogP contribution is -2.36. The summed E-state index contributed by atoms with van der Waals surface area (Å²) in [5.74, 6) is 3.90. The average Bonchev–Trinajstić information content (AvgIpc) is 3.19. The summed E-state index contributed by atoms with van der Waals surface area (Å²) in [5.41, 5.74) is 0. The number of hydrogen-bond donors (Lipinski definition) is 1. The molecule has 0 heterocycles. The van der Waals surface area contributed by atoms with Crippen molar-refractivity contribution >= 4 is 0 Å². The fraction of sp³-hybridized carbons (Fsp3) is 1.00. The van der Waals surface area contributed by atoms with Crippen LogP contribution in [0.15, 0.2) is 0 Å². The number of hydrogen-bond acceptors (Lipinski definition) is 1. The molecule has 0 saturated heterocycles. The van der Waals surface area contributed by atoms with Gasteiger partial charge < -0.3 is 5.32 Å². The average molecular weight is 237 g/mol. The third-order valence-corrected chi connectivity index (χ3v) is 5.35. The van der Waals surface area contributed by atoms with Gasteiger partial charge in [0.25, 0.3) is 0 Å². The van der Waals surface area contributed by atoms with Gasteiger partial charge in [0.05, 0.1) is 0 Å². The molecule has 100 valence electrons. The molecule has 2 rings (SSSR count). The minimum absolute atomic E-state index is 0.886. The van der Waals surface area contributed by atoms with Crippen molar-refractivity contribution in [2.24, 2.45) is 23.7 Å². The van der Waals surface area contributed by atoms with Gasteiger partial charge in [0, 0.05) is 6.04 Å². The Morgan fingerprint density at radius 3 is 2.47 bits per heavy atom. The zero-order valence-corrected chi connectivity index (χ0v) is 12.0. The molecule has 1 heteroatoms. The van der Waals surface area contributed by atoms with E-state index in [1.165, 1.54) is 51.5 Å². The Bertz CT molecular complexity index is 222. The van der Waals surface area contributed by atoms with Gasteiger partial charge in [0.2, 0.25) is 0 Å². The maximum absolute atomic E-state index is 3.77. The van der Waals surface area contributed by atoms with E-state index >= 15 is 0 Å². The second kappa shape index (κ2) is 6.22. The van der Waals surface area contributed by atoms with Crippen molar-refractivity contribution in [3.8, 4) is 0 Å². The van der Waals surface area contributed by atoms with Gasteiger partial charge >= 0.3 is 0 Å². The quantitative estimate of drug-likeness (QED) is 0.729. The summed E-state index contributed by atoms with van der Waals surface area (Å²) in [5, 5.41) is 3.77. The van der Waals surface area contributed by atoms with Gasteiger partial charge in [-0.3, -0.25) is 0 Å². The van der Waals surface area contributed by atoms with E-state index in [9.17, 15) is 0 Å². The van der Waals surface area contributed by atoms with E-state index in [0.717, 1.165) is 29.7 Å². The molecule has 0 radical (unpaired) electrons. The molecule has 0 aromatic carbocycles. The van der Waals surface area contributed by atoms with Gasteiger partial charge in [0.15, 0.2) is 0 Å². The molecule has 2 aliphatic carbocycles. The summed E-state index contributed by atoms with van der Waals surface area (Å²) in [7, 11) is 0. The summed E-state index contributed by atoms with van der Waals surface area (Å²) in [6.07, 6.45) is 10.1. The summed E-state index contributed by atoms with van der Waals surface area (Å²) in [4.78, 5) is 0. The number of nitrogens with one attached hydrogen (secondary N) is 1. The van der Waals surface area contributed by atoms with Crippen LogP contribution >= 0.6 is 0 Å². The monoisotopic (exact) mass is 237 g/mol. The Kier molecular flexibility index (Phi) is 4.90. The molecule has 4 atom stereocenters. The first-order valence-corrected chi connectivity index (χ1v) is 7.97. The van der Waals surface area contributed by atoms with Crippen LogP contribution < -0.4 is 5.32 Å². The lowest BCUT2D eigenvalue weighted by atomic mass is 9.68. The van der Waals surface area contributed by atoms with Gasteiger partial charge in [-0.25, -0.2) is 0 Å². The predicted octanol–water partition coefficient (Wildman–Crippen LogP) is 4.23. The first-order valence-electron chi connectivity index (χ1n) is 7.97. The molecule has 0 aliphatic heterocycles. The van der Waals surface area contributed by atoms with E-state index in [1.54, 1.807) is 0 Å². The van der Waals surface area contributed by atoms with Crippen LogP contribution in [0.1, 0.15) is 65.7 Å². The highest BCUT2D eigenvalue weighted by atomic mass is 14.9. The Balaban J connectivity index is 1.86. The van der Waals surface area contributed by atoms with Crippen LogP contribution in [0.3, 0.4) is 0 Å². The zero-order chi connectivity index (χ0) is 12.3. The minimum Gasteiger partial charge on any atom is -0.314 e. The molecule has 0 aromatic heterocycles. The van der Waals surface area contributed by atoms with Crippen LogP contribution in [0.25, 0.3) is 0 Å². The summed E-state index contributed by atoms with van der Waals surface area (Å²) in [6, 6.07) is 0.886. The lowest BCUT2D eigenvalue weighted by molar-refractivity contribution is 0.121. The first kappa shape index (κ1) is 13.4. The molecule has 1 N–H and O–H groups in total. The minimum atomic E-state index is 0.886. The van der Waals surface area contributed by atoms with Crippen LogP contribution in [0, 0.1) is 23.7 Å². The largest absolute Gasteiger partial charge is 0.314 e. The molecule has 1 nitrogen and oxygen atoms in total. The second-order valence-electron chi connectivity index (χ2n) is 6.58. The highest BCUT2D eigenvalue weighted by molar-refractivity contribution is 4.87. The van der Waals surface area contributed by atoms with Crippen LogP contribution in [0.5, 0.6) is 0 Å². The molecule has 0 amide bonds. The van der Waals surface area contributed by atoms with Crippen LogP contribution in [-0.2, 0) is 0 Å². The SMILES string of the molecule is CCC1CCC(CNC2CC2)C(C(C)CC)C1. The molecular weight excluding hydrogens is 206 g/mol. The maximum atomic E-state index is 3.77. The Hall–Kier alpha value is -0.0400. The van der Waals surface area contributed by atoms with Gasteiger partial charge in [-0.2, -0.15) is 0 Å². The molecule has 0 spiro atoms. The molecule has 0 bridgehead atoms. The van der Waals surface area contributed by atoms with E-state index < -0.39 is 0 Å². The Labute approximate surface area is 108 Å². The Morgan fingerprint density at radius 1 is 1.12 bits per heavy atom. The van der Waals surface area contributed by atoms with Crippen molar-refractivity contribution in [1.29, 1.82) is 0 Å². The van der Waals surface area contributed by atoms with E-state index in [2.05, 4.69) is 26.1 Å². The topological polar surface area (TPSA) is 12.0 Å². The third-order valence-electron chi connectivity index (χ3n) is 5.35.